The number of aromatic nitrogens is 1. The lowest BCUT2D eigenvalue weighted by molar-refractivity contribution is -0.183. The number of H-pyrrole nitrogens is 1. The van der Waals surface area contributed by atoms with Crippen molar-refractivity contribution in [1.29, 1.82) is 0 Å². The molecule has 5 heteroatoms. The van der Waals surface area contributed by atoms with Crippen LogP contribution in [-0.2, 0) is 9.53 Å². The van der Waals surface area contributed by atoms with Crippen LogP contribution in [-0.4, -0.2) is 40.6 Å². The number of hydrogen-bond acceptors (Lipinski definition) is 2. The van der Waals surface area contributed by atoms with Crippen molar-refractivity contribution in [2.24, 2.45) is 5.92 Å². The molecule has 3 unspecified atom stereocenters. The number of methoxy groups -OCH3 is 1. The molecule has 4 aliphatic rings. The monoisotopic (exact) mass is 370 g/mol. The largest absolute Gasteiger partial charge is 0.378 e. The number of piperidine rings is 2. The van der Waals surface area contributed by atoms with E-state index in [1.807, 2.05) is 26.3 Å². The van der Waals surface area contributed by atoms with Gasteiger partial charge >= 0.3 is 0 Å². The molecule has 2 aliphatic carbocycles. The molecule has 27 heavy (non-hydrogen) atoms. The van der Waals surface area contributed by atoms with Crippen LogP contribution in [0.4, 0.5) is 4.39 Å². The Bertz CT molecular complexity index is 876. The SMILES string of the molecule is COC12CC3CC(C1)N(C(=O)CC(C)c1c[nH]c4cccc(F)c14)C(C3)C2. The van der Waals surface area contributed by atoms with Gasteiger partial charge in [0.05, 0.1) is 5.60 Å². The predicted molar refractivity (Wildman–Crippen MR) is 102 cm³/mol. The van der Waals surface area contributed by atoms with Crippen LogP contribution in [0.2, 0.25) is 0 Å². The smallest absolute Gasteiger partial charge is 0.223 e. The van der Waals surface area contributed by atoms with Crippen molar-refractivity contribution in [3.05, 3.63) is 35.8 Å². The minimum Gasteiger partial charge on any atom is -0.378 e. The highest BCUT2D eigenvalue weighted by molar-refractivity contribution is 5.86. The van der Waals surface area contributed by atoms with E-state index >= 15 is 0 Å². The lowest BCUT2D eigenvalue weighted by Crippen LogP contribution is -2.66. The number of benzene rings is 1. The number of amides is 1. The Kier molecular flexibility index (Phi) is 3.87. The van der Waals surface area contributed by atoms with Crippen LogP contribution in [0.5, 0.6) is 0 Å². The van der Waals surface area contributed by atoms with E-state index in [1.165, 1.54) is 6.07 Å². The third-order valence-corrected chi connectivity index (χ3v) is 7.29. The second-order valence-corrected chi connectivity index (χ2v) is 8.96. The molecule has 1 amide bonds. The Labute approximate surface area is 159 Å². The number of carbonyl (C=O) groups excluding carboxylic acids is 1. The van der Waals surface area contributed by atoms with Crippen LogP contribution in [0.25, 0.3) is 10.9 Å². The molecule has 1 aromatic carbocycles. The Morgan fingerprint density at radius 1 is 1.33 bits per heavy atom. The van der Waals surface area contributed by atoms with E-state index in [-0.39, 0.29) is 23.2 Å². The maximum absolute atomic E-state index is 14.3. The second-order valence-electron chi connectivity index (χ2n) is 8.96. The highest BCUT2D eigenvalue weighted by Crippen LogP contribution is 2.53. The first-order valence-corrected chi connectivity index (χ1v) is 10.1. The molecule has 2 saturated carbocycles. The van der Waals surface area contributed by atoms with E-state index in [9.17, 15) is 9.18 Å². The maximum Gasteiger partial charge on any atom is 0.223 e. The lowest BCUT2D eigenvalue weighted by atomic mass is 9.61. The summed E-state index contributed by atoms with van der Waals surface area (Å²) in [6, 6.07) is 5.70. The van der Waals surface area contributed by atoms with Crippen LogP contribution in [0, 0.1) is 11.7 Å². The fraction of sp³-hybridized carbons (Fsp3) is 0.591. The number of halogens is 1. The first kappa shape index (κ1) is 17.2. The van der Waals surface area contributed by atoms with Crippen molar-refractivity contribution in [1.82, 2.24) is 9.88 Å². The van der Waals surface area contributed by atoms with E-state index in [4.69, 9.17) is 4.74 Å². The molecule has 4 fully saturated rings. The molecule has 2 saturated heterocycles. The number of fused-ring (bicyclic) bond motifs is 1. The van der Waals surface area contributed by atoms with Crippen LogP contribution in [0.15, 0.2) is 24.4 Å². The van der Waals surface area contributed by atoms with Gasteiger partial charge in [0.15, 0.2) is 0 Å². The summed E-state index contributed by atoms with van der Waals surface area (Å²) in [5.41, 5.74) is 1.69. The zero-order valence-electron chi connectivity index (χ0n) is 16.0. The van der Waals surface area contributed by atoms with Crippen molar-refractivity contribution >= 4 is 16.8 Å². The van der Waals surface area contributed by atoms with Crippen LogP contribution >= 0.6 is 0 Å². The molecule has 144 valence electrons. The second kappa shape index (κ2) is 6.06. The molecule has 3 heterocycles. The van der Waals surface area contributed by atoms with Gasteiger partial charge in [0.1, 0.15) is 5.82 Å². The van der Waals surface area contributed by atoms with Gasteiger partial charge < -0.3 is 14.6 Å². The molecule has 2 aliphatic heterocycles. The number of rotatable bonds is 4. The molecule has 6 rings (SSSR count). The molecule has 1 aromatic heterocycles. The molecule has 0 radical (unpaired) electrons. The van der Waals surface area contributed by atoms with Gasteiger partial charge in [-0.3, -0.25) is 4.79 Å². The predicted octanol–water partition coefficient (Wildman–Crippen LogP) is 4.36. The van der Waals surface area contributed by atoms with Gasteiger partial charge in [-0.25, -0.2) is 4.39 Å². The number of nitrogens with zero attached hydrogens (tertiary/aromatic N) is 1. The normalized spacial score (nSPS) is 33.0. The Morgan fingerprint density at radius 2 is 2.07 bits per heavy atom. The Hall–Kier alpha value is -1.88. The van der Waals surface area contributed by atoms with Crippen molar-refractivity contribution in [2.75, 3.05) is 7.11 Å². The summed E-state index contributed by atoms with van der Waals surface area (Å²) >= 11 is 0. The summed E-state index contributed by atoms with van der Waals surface area (Å²) in [5.74, 6) is 0.677. The molecular formula is C22H27FN2O2. The molecular weight excluding hydrogens is 343 g/mol. The molecule has 4 nitrogen and oxygen atoms in total. The topological polar surface area (TPSA) is 45.3 Å². The minimum atomic E-state index is -0.222. The van der Waals surface area contributed by atoms with Crippen molar-refractivity contribution in [2.45, 2.75) is 69.1 Å². The summed E-state index contributed by atoms with van der Waals surface area (Å²) in [5, 5.41) is 0.621. The van der Waals surface area contributed by atoms with E-state index in [2.05, 4.69) is 9.88 Å². The standard InChI is InChI=1S/C22H27FN2O2/c1-13(17-12-24-19-5-3-4-18(23)21(17)19)6-20(26)25-15-7-14-8-16(25)11-22(9-14,10-15)27-2/h3-5,12-16,24H,6-11H2,1-2H3. The van der Waals surface area contributed by atoms with Gasteiger partial charge in [0, 0.05) is 42.7 Å². The van der Waals surface area contributed by atoms with Crippen LogP contribution < -0.4 is 0 Å². The number of nitrogens with one attached hydrogen (secondary N) is 1. The third-order valence-electron chi connectivity index (χ3n) is 7.29. The average Bonchev–Trinajstić information content (AvgIpc) is 3.06. The number of hydrogen-bond donors (Lipinski definition) is 1. The molecule has 2 aromatic rings. The lowest BCUT2D eigenvalue weighted by Gasteiger charge is -2.61. The van der Waals surface area contributed by atoms with E-state index < -0.39 is 0 Å². The van der Waals surface area contributed by atoms with Gasteiger partial charge in [-0.1, -0.05) is 13.0 Å². The van der Waals surface area contributed by atoms with E-state index in [0.29, 0.717) is 29.8 Å². The highest BCUT2D eigenvalue weighted by atomic mass is 19.1. The quantitative estimate of drug-likeness (QED) is 0.869. The zero-order chi connectivity index (χ0) is 18.8. The van der Waals surface area contributed by atoms with E-state index in [0.717, 1.165) is 43.2 Å². The summed E-state index contributed by atoms with van der Waals surface area (Å²) < 4.78 is 20.2. The van der Waals surface area contributed by atoms with Crippen LogP contribution in [0.3, 0.4) is 0 Å². The number of ether oxygens (including phenoxy) is 1. The molecule has 0 spiro atoms. The van der Waals surface area contributed by atoms with Gasteiger partial charge in [-0.05, 0) is 61.6 Å². The van der Waals surface area contributed by atoms with Crippen LogP contribution in [0.1, 0.15) is 56.9 Å². The van der Waals surface area contributed by atoms with Crippen molar-refractivity contribution in [3.63, 3.8) is 0 Å². The molecule has 3 atom stereocenters. The number of carbonyl (C=O) groups is 1. The van der Waals surface area contributed by atoms with Crippen molar-refractivity contribution in [3.8, 4) is 0 Å². The minimum absolute atomic E-state index is 0.00113. The van der Waals surface area contributed by atoms with E-state index in [1.54, 1.807) is 6.07 Å². The number of aromatic amines is 1. The molecule has 1 N–H and O–H groups in total. The average molecular weight is 370 g/mol. The summed E-state index contributed by atoms with van der Waals surface area (Å²) in [6.07, 6.45) is 7.61. The first-order chi connectivity index (χ1) is 13.0. The van der Waals surface area contributed by atoms with Gasteiger partial charge in [0.2, 0.25) is 5.91 Å². The van der Waals surface area contributed by atoms with Gasteiger partial charge in [-0.15, -0.1) is 0 Å². The summed E-state index contributed by atoms with van der Waals surface area (Å²) in [4.78, 5) is 18.5. The zero-order valence-corrected chi connectivity index (χ0v) is 16.0. The Morgan fingerprint density at radius 3 is 2.78 bits per heavy atom. The fourth-order valence-corrected chi connectivity index (χ4v) is 6.24. The highest BCUT2D eigenvalue weighted by Gasteiger charge is 2.55. The third kappa shape index (κ3) is 2.62. The summed E-state index contributed by atoms with van der Waals surface area (Å²) in [6.45, 7) is 2.03. The first-order valence-electron chi connectivity index (χ1n) is 10.1. The Balaban J connectivity index is 1.36. The molecule has 4 bridgehead atoms. The maximum atomic E-state index is 14.3. The van der Waals surface area contributed by atoms with Gasteiger partial charge in [0.25, 0.3) is 0 Å². The summed E-state index contributed by atoms with van der Waals surface area (Å²) in [7, 11) is 1.83. The fourth-order valence-electron chi connectivity index (χ4n) is 6.24. The van der Waals surface area contributed by atoms with Gasteiger partial charge in [-0.2, -0.15) is 0 Å². The van der Waals surface area contributed by atoms with Crippen molar-refractivity contribution < 1.29 is 13.9 Å².